The lowest BCUT2D eigenvalue weighted by atomic mass is 10.1. The first kappa shape index (κ1) is 22.3. The van der Waals surface area contributed by atoms with Gasteiger partial charge in [0.15, 0.2) is 11.5 Å². The summed E-state index contributed by atoms with van der Waals surface area (Å²) in [5, 5.41) is 18.8. The first-order chi connectivity index (χ1) is 17.2. The number of benzene rings is 2. The molecule has 2 aliphatic heterocycles. The second kappa shape index (κ2) is 10.2. The molecule has 0 unspecified atom stereocenters. The number of hydrogen-bond acceptors (Lipinski definition) is 12. The lowest BCUT2D eigenvalue weighted by Gasteiger charge is -2.27. The lowest BCUT2D eigenvalue weighted by molar-refractivity contribution is -0.385. The van der Waals surface area contributed by atoms with Crippen LogP contribution in [0, 0.1) is 10.1 Å². The van der Waals surface area contributed by atoms with Crippen molar-refractivity contribution in [2.45, 2.75) is 6.54 Å². The number of nitro groups is 1. The van der Waals surface area contributed by atoms with Gasteiger partial charge in [0.2, 0.25) is 24.6 Å². The molecule has 2 aromatic carbocycles. The Morgan fingerprint density at radius 2 is 1.80 bits per heavy atom. The van der Waals surface area contributed by atoms with Crippen molar-refractivity contribution in [3.8, 4) is 11.5 Å². The van der Waals surface area contributed by atoms with Crippen LogP contribution >= 0.6 is 0 Å². The van der Waals surface area contributed by atoms with Gasteiger partial charge in [0.05, 0.1) is 36.0 Å². The van der Waals surface area contributed by atoms with E-state index >= 15 is 0 Å². The van der Waals surface area contributed by atoms with Gasteiger partial charge in [0, 0.05) is 19.6 Å². The third kappa shape index (κ3) is 5.35. The Hall–Kier alpha value is -4.52. The van der Waals surface area contributed by atoms with Gasteiger partial charge < -0.3 is 24.4 Å². The number of hydrazone groups is 1. The largest absolute Gasteiger partial charge is 0.454 e. The Morgan fingerprint density at radius 1 is 1.06 bits per heavy atom. The SMILES string of the molecule is O=[N+]([O-])c1cc2c(cc1/C=N\Nc1nc(NCc3ccccc3)nc(N3CCOCC3)n1)OCO2. The maximum Gasteiger partial charge on any atom is 0.282 e. The highest BCUT2D eigenvalue weighted by molar-refractivity contribution is 5.87. The van der Waals surface area contributed by atoms with Crippen LogP contribution in [0.4, 0.5) is 23.5 Å². The lowest BCUT2D eigenvalue weighted by Crippen LogP contribution is -2.37. The summed E-state index contributed by atoms with van der Waals surface area (Å²) in [5.41, 5.74) is 3.92. The van der Waals surface area contributed by atoms with Crippen molar-refractivity contribution in [2.24, 2.45) is 5.10 Å². The van der Waals surface area contributed by atoms with Crippen LogP contribution in [0.1, 0.15) is 11.1 Å². The van der Waals surface area contributed by atoms with E-state index in [-0.39, 0.29) is 24.0 Å². The van der Waals surface area contributed by atoms with Crippen LogP contribution in [0.15, 0.2) is 47.6 Å². The van der Waals surface area contributed by atoms with E-state index in [1.807, 2.05) is 35.2 Å². The van der Waals surface area contributed by atoms with Gasteiger partial charge in [-0.3, -0.25) is 10.1 Å². The zero-order valence-corrected chi connectivity index (χ0v) is 18.6. The Bertz CT molecular complexity index is 1230. The topological polar surface area (TPSA) is 149 Å². The van der Waals surface area contributed by atoms with Gasteiger partial charge in [-0.2, -0.15) is 20.1 Å². The van der Waals surface area contributed by atoms with Gasteiger partial charge in [-0.25, -0.2) is 5.43 Å². The molecule has 5 rings (SSSR count). The second-order valence-corrected chi connectivity index (χ2v) is 7.61. The third-order valence-electron chi connectivity index (χ3n) is 5.30. The molecule has 13 heteroatoms. The summed E-state index contributed by atoms with van der Waals surface area (Å²) >= 11 is 0. The Morgan fingerprint density at radius 3 is 2.57 bits per heavy atom. The van der Waals surface area contributed by atoms with E-state index in [0.29, 0.717) is 56.2 Å². The Kier molecular flexibility index (Phi) is 6.48. The highest BCUT2D eigenvalue weighted by Crippen LogP contribution is 2.37. The van der Waals surface area contributed by atoms with Crippen molar-refractivity contribution in [1.82, 2.24) is 15.0 Å². The molecule has 0 bridgehead atoms. The first-order valence-electron chi connectivity index (χ1n) is 10.9. The normalized spacial score (nSPS) is 14.8. The maximum absolute atomic E-state index is 11.5. The number of anilines is 3. The smallest absolute Gasteiger partial charge is 0.282 e. The zero-order valence-electron chi connectivity index (χ0n) is 18.6. The van der Waals surface area contributed by atoms with E-state index < -0.39 is 4.92 Å². The van der Waals surface area contributed by atoms with Gasteiger partial charge in [-0.15, -0.1) is 0 Å². The minimum Gasteiger partial charge on any atom is -0.454 e. The van der Waals surface area contributed by atoms with Crippen LogP contribution in [0.3, 0.4) is 0 Å². The molecule has 0 amide bonds. The molecule has 0 aliphatic carbocycles. The Labute approximate surface area is 199 Å². The van der Waals surface area contributed by atoms with E-state index in [2.05, 4.69) is 30.8 Å². The molecule has 2 N–H and O–H groups in total. The molecule has 3 heterocycles. The average molecular weight is 478 g/mol. The van der Waals surface area contributed by atoms with Crippen LogP contribution in [-0.4, -0.2) is 59.2 Å². The summed E-state index contributed by atoms with van der Waals surface area (Å²) in [6.45, 7) is 2.99. The van der Waals surface area contributed by atoms with Crippen LogP contribution < -0.4 is 25.1 Å². The van der Waals surface area contributed by atoms with Gasteiger partial charge in [-0.05, 0) is 11.6 Å². The number of nitrogens with zero attached hydrogens (tertiary/aromatic N) is 6. The molecule has 180 valence electrons. The molecule has 0 spiro atoms. The molecule has 13 nitrogen and oxygen atoms in total. The van der Waals surface area contributed by atoms with Crippen LogP contribution in [0.25, 0.3) is 0 Å². The summed E-state index contributed by atoms with van der Waals surface area (Å²) < 4.78 is 16.0. The minimum atomic E-state index is -0.506. The quantitative estimate of drug-likeness (QED) is 0.279. The molecule has 1 saturated heterocycles. The second-order valence-electron chi connectivity index (χ2n) is 7.61. The number of fused-ring (bicyclic) bond motifs is 1. The number of ether oxygens (including phenoxy) is 3. The predicted molar refractivity (Wildman–Crippen MR) is 127 cm³/mol. The first-order valence-corrected chi connectivity index (χ1v) is 10.9. The van der Waals surface area contributed by atoms with Crippen LogP contribution in [-0.2, 0) is 11.3 Å². The molecule has 0 radical (unpaired) electrons. The van der Waals surface area contributed by atoms with Gasteiger partial charge in [-0.1, -0.05) is 30.3 Å². The zero-order chi connectivity index (χ0) is 24.0. The van der Waals surface area contributed by atoms with Gasteiger partial charge in [0.1, 0.15) is 0 Å². The van der Waals surface area contributed by atoms with E-state index in [1.165, 1.54) is 18.3 Å². The van der Waals surface area contributed by atoms with Crippen molar-refractivity contribution in [3.63, 3.8) is 0 Å². The third-order valence-corrected chi connectivity index (χ3v) is 5.30. The molecule has 35 heavy (non-hydrogen) atoms. The molecule has 1 aromatic heterocycles. The number of nitrogens with one attached hydrogen (secondary N) is 2. The highest BCUT2D eigenvalue weighted by Gasteiger charge is 2.22. The summed E-state index contributed by atoms with van der Waals surface area (Å²) in [6, 6.07) is 12.7. The molecular formula is C22H22N8O5. The monoisotopic (exact) mass is 478 g/mol. The number of rotatable bonds is 8. The Balaban J connectivity index is 1.37. The van der Waals surface area contributed by atoms with Crippen molar-refractivity contribution in [1.29, 1.82) is 0 Å². The van der Waals surface area contributed by atoms with Crippen molar-refractivity contribution in [3.05, 3.63) is 63.7 Å². The standard InChI is InChI=1S/C22H22N8O5/c31-30(32)17-11-19-18(34-14-35-19)10-16(17)13-24-28-21-25-20(23-12-15-4-2-1-3-5-15)26-22(27-21)29-6-8-33-9-7-29/h1-5,10-11,13H,6-9,12,14H2,(H2,23,25,26,27,28)/b24-13-. The summed E-state index contributed by atoms with van der Waals surface area (Å²) in [5.74, 6) is 1.78. The molecule has 2 aliphatic rings. The number of nitro benzene ring substituents is 1. The summed E-state index contributed by atoms with van der Waals surface area (Å²) in [4.78, 5) is 26.4. The molecule has 1 fully saturated rings. The number of aromatic nitrogens is 3. The van der Waals surface area contributed by atoms with Crippen LogP contribution in [0.2, 0.25) is 0 Å². The van der Waals surface area contributed by atoms with E-state index in [1.54, 1.807) is 0 Å². The summed E-state index contributed by atoms with van der Waals surface area (Å²) in [6.07, 6.45) is 1.31. The highest BCUT2D eigenvalue weighted by atomic mass is 16.7. The molecule has 0 atom stereocenters. The van der Waals surface area contributed by atoms with Crippen molar-refractivity contribution < 1.29 is 19.1 Å². The van der Waals surface area contributed by atoms with Gasteiger partial charge in [0.25, 0.3) is 5.69 Å². The number of hydrogen-bond donors (Lipinski definition) is 2. The summed E-state index contributed by atoms with van der Waals surface area (Å²) in [7, 11) is 0. The van der Waals surface area contributed by atoms with Crippen molar-refractivity contribution in [2.75, 3.05) is 48.7 Å². The molecule has 3 aromatic rings. The maximum atomic E-state index is 11.5. The van der Waals surface area contributed by atoms with E-state index in [0.717, 1.165) is 5.56 Å². The fraction of sp³-hybridized carbons (Fsp3) is 0.273. The van der Waals surface area contributed by atoms with Crippen LogP contribution in [0.5, 0.6) is 11.5 Å². The predicted octanol–water partition coefficient (Wildman–Crippen LogP) is 2.40. The fourth-order valence-corrected chi connectivity index (χ4v) is 3.54. The number of morpholine rings is 1. The van der Waals surface area contributed by atoms with Gasteiger partial charge >= 0.3 is 0 Å². The molecular weight excluding hydrogens is 456 g/mol. The van der Waals surface area contributed by atoms with Crippen molar-refractivity contribution >= 4 is 29.7 Å². The van der Waals surface area contributed by atoms with E-state index in [9.17, 15) is 10.1 Å². The van der Waals surface area contributed by atoms with E-state index in [4.69, 9.17) is 14.2 Å². The minimum absolute atomic E-state index is 0.0132. The average Bonchev–Trinajstić information content (AvgIpc) is 3.35. The molecule has 0 saturated carbocycles. The fourth-order valence-electron chi connectivity index (χ4n) is 3.54.